The van der Waals surface area contributed by atoms with Crippen molar-refractivity contribution in [3.8, 4) is 0 Å². The summed E-state index contributed by atoms with van der Waals surface area (Å²) in [5.74, 6) is -10.4. The lowest BCUT2D eigenvalue weighted by Gasteiger charge is -2.11. The highest BCUT2D eigenvalue weighted by atomic mass is 35.5. The highest BCUT2D eigenvalue weighted by Crippen LogP contribution is 2.65. The molecule has 0 saturated heterocycles. The lowest BCUT2D eigenvalue weighted by molar-refractivity contribution is -0.117. The Labute approximate surface area is 222 Å². The van der Waals surface area contributed by atoms with Crippen LogP contribution < -0.4 is 16.4 Å². The summed E-state index contributed by atoms with van der Waals surface area (Å²) in [6.07, 6.45) is 1.75. The van der Waals surface area contributed by atoms with Crippen molar-refractivity contribution in [2.45, 2.75) is 10.3 Å². The van der Waals surface area contributed by atoms with E-state index in [1.807, 2.05) is 0 Å². The van der Waals surface area contributed by atoms with Gasteiger partial charge < -0.3 is 16.4 Å². The molecule has 0 aromatic heterocycles. The zero-order valence-corrected chi connectivity index (χ0v) is 20.8. The van der Waals surface area contributed by atoms with Crippen molar-refractivity contribution in [1.82, 2.24) is 5.32 Å². The summed E-state index contributed by atoms with van der Waals surface area (Å²) in [6.45, 7) is 2.62. The molecule has 2 atom stereocenters. The molecule has 5 nitrogen and oxygen atoms in total. The van der Waals surface area contributed by atoms with Gasteiger partial charge in [-0.2, -0.15) is 0 Å². The van der Waals surface area contributed by atoms with Crippen LogP contribution in [0, 0.1) is 23.4 Å². The first-order chi connectivity index (χ1) is 17.3. The number of rotatable bonds is 8. The molecule has 37 heavy (non-hydrogen) atoms. The molecule has 0 radical (unpaired) electrons. The second-order valence-electron chi connectivity index (χ2n) is 7.87. The van der Waals surface area contributed by atoms with Crippen molar-refractivity contribution in [2.24, 2.45) is 11.7 Å². The maximum atomic E-state index is 13.7. The quantitative estimate of drug-likeness (QED) is 0.151. The Balaban J connectivity index is 1.80. The van der Waals surface area contributed by atoms with Crippen LogP contribution in [0.5, 0.6) is 0 Å². The molecule has 196 valence electrons. The number of amides is 2. The Morgan fingerprint density at radius 2 is 1.70 bits per heavy atom. The van der Waals surface area contributed by atoms with Gasteiger partial charge in [0.1, 0.15) is 16.0 Å². The molecule has 0 heterocycles. The van der Waals surface area contributed by atoms with Crippen molar-refractivity contribution in [3.05, 3.63) is 100 Å². The first-order valence-electron chi connectivity index (χ1n) is 10.3. The van der Waals surface area contributed by atoms with E-state index in [4.69, 9.17) is 40.5 Å². The molecule has 2 aromatic rings. The Kier molecular flexibility index (Phi) is 8.69. The summed E-state index contributed by atoms with van der Waals surface area (Å²) in [5, 5.41) is 4.56. The highest BCUT2D eigenvalue weighted by molar-refractivity contribution is 6.53. The van der Waals surface area contributed by atoms with Gasteiger partial charge in [-0.25, -0.2) is 22.0 Å². The van der Waals surface area contributed by atoms with E-state index < -0.39 is 69.3 Å². The second kappa shape index (κ2) is 11.2. The Hall–Kier alpha value is -2.92. The summed E-state index contributed by atoms with van der Waals surface area (Å²) in [6, 6.07) is 5.14. The summed E-state index contributed by atoms with van der Waals surface area (Å²) < 4.78 is 65.8. The molecule has 2 aromatic carbocycles. The fraction of sp³-hybridized carbons (Fsp3) is 0.167. The number of nitrogens with two attached hydrogens (primary N) is 1. The fourth-order valence-electron chi connectivity index (χ4n) is 3.45. The zero-order chi connectivity index (χ0) is 27.7. The Morgan fingerprint density at radius 3 is 2.27 bits per heavy atom. The lowest BCUT2D eigenvalue weighted by Crippen LogP contribution is -2.24. The van der Waals surface area contributed by atoms with Crippen LogP contribution in [0.15, 0.2) is 66.4 Å². The number of carbonyl (C=O) groups excluding carboxylic acids is 2. The number of hydrogen-bond acceptors (Lipinski definition) is 3. The normalized spacial score (nSPS) is 18.8. The van der Waals surface area contributed by atoms with Gasteiger partial charge in [-0.15, -0.1) is 23.2 Å². The van der Waals surface area contributed by atoms with Gasteiger partial charge in [-0.1, -0.05) is 18.2 Å². The van der Waals surface area contributed by atoms with Crippen LogP contribution in [0.3, 0.4) is 0 Å². The Bertz CT molecular complexity index is 1320. The summed E-state index contributed by atoms with van der Waals surface area (Å²) in [7, 11) is 0. The third-order valence-electron chi connectivity index (χ3n) is 5.35. The number of carbonyl (C=O) groups is 2. The van der Waals surface area contributed by atoms with Crippen LogP contribution in [0.4, 0.5) is 27.6 Å². The minimum atomic E-state index is -1.75. The van der Waals surface area contributed by atoms with E-state index in [0.29, 0.717) is 12.1 Å². The summed E-state index contributed by atoms with van der Waals surface area (Å²) >= 11 is 18.4. The van der Waals surface area contributed by atoms with Gasteiger partial charge in [-0.3, -0.25) is 9.59 Å². The fourth-order valence-corrected chi connectivity index (χ4v) is 4.48. The van der Waals surface area contributed by atoms with Gasteiger partial charge in [-0.05, 0) is 48.0 Å². The Morgan fingerprint density at radius 1 is 1.08 bits per heavy atom. The molecule has 0 bridgehead atoms. The average molecular weight is 581 g/mol. The standard InChI is InChI=1S/C24H17Cl3F5N3O2/c1-10(28)18(5-2-12(29)9-33)35-22(36)14-8-13(3-4-15(14)25)34-23(37)20-19(24(20,26)27)11-6-16(30)21(32)17(31)7-11/h2-8,19-20H,1,9,33H2,(H,34,37)(H,35,36)/b12-2+,18-5+. The smallest absolute Gasteiger partial charge is 0.257 e. The van der Waals surface area contributed by atoms with Crippen molar-refractivity contribution in [2.75, 3.05) is 11.9 Å². The molecule has 1 aliphatic carbocycles. The SMILES string of the molecule is C=C(F)/C(=C\C=C(\F)CN)NC(=O)c1cc(NC(=O)C2C(c3cc(F)c(F)c(F)c3)C2(Cl)Cl)ccc1Cl. The van der Waals surface area contributed by atoms with Gasteiger partial charge in [0.25, 0.3) is 5.91 Å². The third-order valence-corrected chi connectivity index (χ3v) is 6.62. The van der Waals surface area contributed by atoms with Gasteiger partial charge in [0.15, 0.2) is 17.5 Å². The minimum Gasteiger partial charge on any atom is -0.326 e. The molecule has 0 spiro atoms. The number of alkyl halides is 2. The third kappa shape index (κ3) is 6.32. The number of anilines is 1. The predicted molar refractivity (Wildman–Crippen MR) is 131 cm³/mol. The number of halogens is 8. The van der Waals surface area contributed by atoms with E-state index in [1.54, 1.807) is 0 Å². The first-order valence-corrected chi connectivity index (χ1v) is 11.5. The van der Waals surface area contributed by atoms with Crippen LogP contribution in [0.1, 0.15) is 21.8 Å². The van der Waals surface area contributed by atoms with Gasteiger partial charge in [0.05, 0.1) is 22.2 Å². The maximum Gasteiger partial charge on any atom is 0.257 e. The lowest BCUT2D eigenvalue weighted by atomic mass is 10.1. The van der Waals surface area contributed by atoms with E-state index in [-0.39, 0.29) is 21.8 Å². The van der Waals surface area contributed by atoms with Crippen molar-refractivity contribution >= 4 is 52.3 Å². The van der Waals surface area contributed by atoms with E-state index in [0.717, 1.165) is 18.2 Å². The molecule has 0 aliphatic heterocycles. The molecular formula is C24H17Cl3F5N3O2. The van der Waals surface area contributed by atoms with Crippen molar-refractivity contribution in [3.63, 3.8) is 0 Å². The second-order valence-corrected chi connectivity index (χ2v) is 9.72. The molecule has 1 saturated carbocycles. The number of allylic oxidation sites excluding steroid dienone is 3. The molecular weight excluding hydrogens is 564 g/mol. The molecule has 1 aliphatic rings. The molecule has 1 fully saturated rings. The largest absolute Gasteiger partial charge is 0.326 e. The van der Waals surface area contributed by atoms with Crippen molar-refractivity contribution in [1.29, 1.82) is 0 Å². The van der Waals surface area contributed by atoms with Gasteiger partial charge >= 0.3 is 0 Å². The predicted octanol–water partition coefficient (Wildman–Crippen LogP) is 6.19. The van der Waals surface area contributed by atoms with E-state index in [2.05, 4.69) is 17.2 Å². The molecule has 2 amide bonds. The minimum absolute atomic E-state index is 0.0458. The monoisotopic (exact) mass is 579 g/mol. The molecule has 2 unspecified atom stereocenters. The molecule has 13 heteroatoms. The topological polar surface area (TPSA) is 84.2 Å². The van der Waals surface area contributed by atoms with Gasteiger partial charge in [0.2, 0.25) is 5.91 Å². The van der Waals surface area contributed by atoms with Gasteiger partial charge in [0, 0.05) is 18.2 Å². The summed E-state index contributed by atoms with van der Waals surface area (Å²) in [5.41, 5.74) is 4.37. The number of nitrogens with one attached hydrogen (secondary N) is 2. The summed E-state index contributed by atoms with van der Waals surface area (Å²) in [4.78, 5) is 25.5. The maximum absolute atomic E-state index is 13.7. The van der Waals surface area contributed by atoms with Crippen LogP contribution >= 0.6 is 34.8 Å². The number of hydrogen-bond donors (Lipinski definition) is 3. The van der Waals surface area contributed by atoms with E-state index in [1.165, 1.54) is 12.1 Å². The highest BCUT2D eigenvalue weighted by Gasteiger charge is 2.67. The average Bonchev–Trinajstić information content (AvgIpc) is 3.42. The van der Waals surface area contributed by atoms with Crippen LogP contribution in [-0.4, -0.2) is 22.7 Å². The van der Waals surface area contributed by atoms with E-state index >= 15 is 0 Å². The van der Waals surface area contributed by atoms with Crippen molar-refractivity contribution < 1.29 is 31.5 Å². The first kappa shape index (κ1) is 28.6. The van der Waals surface area contributed by atoms with Crippen LogP contribution in [0.2, 0.25) is 5.02 Å². The van der Waals surface area contributed by atoms with Crippen LogP contribution in [-0.2, 0) is 4.79 Å². The number of benzene rings is 2. The van der Waals surface area contributed by atoms with Crippen LogP contribution in [0.25, 0.3) is 0 Å². The zero-order valence-electron chi connectivity index (χ0n) is 18.5. The molecule has 3 rings (SSSR count). The molecule has 4 N–H and O–H groups in total. The van der Waals surface area contributed by atoms with E-state index in [9.17, 15) is 31.5 Å².